The van der Waals surface area contributed by atoms with Crippen molar-refractivity contribution in [2.45, 2.75) is 52.7 Å². The predicted molar refractivity (Wildman–Crippen MR) is 139 cm³/mol. The van der Waals surface area contributed by atoms with Gasteiger partial charge in [-0.3, -0.25) is 13.9 Å². The van der Waals surface area contributed by atoms with Crippen molar-refractivity contribution < 1.29 is 22.7 Å². The molecule has 0 fully saturated rings. The summed E-state index contributed by atoms with van der Waals surface area (Å²) in [5.74, 6) is -0.226. The lowest BCUT2D eigenvalue weighted by Crippen LogP contribution is -2.52. The van der Waals surface area contributed by atoms with Gasteiger partial charge < -0.3 is 15.0 Å². The van der Waals surface area contributed by atoms with Gasteiger partial charge in [0.15, 0.2) is 0 Å². The molecule has 0 saturated heterocycles. The molecule has 0 heterocycles. The van der Waals surface area contributed by atoms with E-state index in [2.05, 4.69) is 5.32 Å². The molecule has 192 valence electrons. The molecule has 0 aliphatic heterocycles. The molecule has 0 unspecified atom stereocenters. The number of rotatable bonds is 12. The van der Waals surface area contributed by atoms with Crippen LogP contribution in [0.25, 0.3) is 0 Å². The van der Waals surface area contributed by atoms with Gasteiger partial charge in [-0.05, 0) is 69.2 Å². The molecule has 2 amide bonds. The fourth-order valence-electron chi connectivity index (χ4n) is 3.32. The van der Waals surface area contributed by atoms with Crippen molar-refractivity contribution in [2.75, 3.05) is 23.7 Å². The lowest BCUT2D eigenvalue weighted by Gasteiger charge is -2.32. The molecule has 2 aromatic carbocycles. The van der Waals surface area contributed by atoms with Crippen molar-refractivity contribution in [1.29, 1.82) is 0 Å². The van der Waals surface area contributed by atoms with Crippen LogP contribution in [0.4, 0.5) is 5.69 Å². The van der Waals surface area contributed by atoms with Gasteiger partial charge in [0.05, 0.1) is 18.6 Å². The first-order valence-electron chi connectivity index (χ1n) is 11.5. The number of ether oxygens (including phenoxy) is 1. The van der Waals surface area contributed by atoms with E-state index in [1.807, 2.05) is 20.8 Å². The predicted octanol–water partition coefficient (Wildman–Crippen LogP) is 3.84. The first-order chi connectivity index (χ1) is 16.5. The maximum atomic E-state index is 13.5. The number of anilines is 1. The highest BCUT2D eigenvalue weighted by Crippen LogP contribution is 2.23. The molecule has 1 N–H and O–H groups in total. The summed E-state index contributed by atoms with van der Waals surface area (Å²) < 4.78 is 31.7. The van der Waals surface area contributed by atoms with Gasteiger partial charge in [-0.1, -0.05) is 30.7 Å². The van der Waals surface area contributed by atoms with Crippen LogP contribution in [0.1, 0.15) is 39.7 Å². The Morgan fingerprint density at radius 1 is 1.03 bits per heavy atom. The number of carbonyl (C=O) groups is 2. The minimum Gasteiger partial charge on any atom is -0.494 e. The quantitative estimate of drug-likeness (QED) is 0.456. The first kappa shape index (κ1) is 28.5. The Labute approximate surface area is 213 Å². The summed E-state index contributed by atoms with van der Waals surface area (Å²) in [5.41, 5.74) is 1.09. The van der Waals surface area contributed by atoms with E-state index >= 15 is 0 Å². The molecule has 8 nitrogen and oxygen atoms in total. The normalized spacial score (nSPS) is 13.0. The molecule has 0 radical (unpaired) electrons. The van der Waals surface area contributed by atoms with Gasteiger partial charge in [0, 0.05) is 17.6 Å². The van der Waals surface area contributed by atoms with Gasteiger partial charge in [-0.15, -0.1) is 0 Å². The van der Waals surface area contributed by atoms with Crippen molar-refractivity contribution in [3.63, 3.8) is 0 Å². The molecule has 10 heteroatoms. The van der Waals surface area contributed by atoms with Gasteiger partial charge in [0.2, 0.25) is 21.8 Å². The average Bonchev–Trinajstić information content (AvgIpc) is 2.81. The number of sulfonamides is 1. The smallest absolute Gasteiger partial charge is 0.244 e. The van der Waals surface area contributed by atoms with Gasteiger partial charge in [0.25, 0.3) is 0 Å². The van der Waals surface area contributed by atoms with E-state index in [-0.39, 0.29) is 18.5 Å². The number of hydrogen-bond acceptors (Lipinski definition) is 5. The van der Waals surface area contributed by atoms with E-state index < -0.39 is 28.5 Å². The van der Waals surface area contributed by atoms with Crippen LogP contribution in [0.5, 0.6) is 5.75 Å². The molecule has 35 heavy (non-hydrogen) atoms. The van der Waals surface area contributed by atoms with Crippen LogP contribution in [0.2, 0.25) is 5.02 Å². The lowest BCUT2D eigenvalue weighted by molar-refractivity contribution is -0.139. The second-order valence-electron chi connectivity index (χ2n) is 8.34. The van der Waals surface area contributed by atoms with Crippen LogP contribution < -0.4 is 14.4 Å². The van der Waals surface area contributed by atoms with Crippen molar-refractivity contribution in [3.05, 3.63) is 59.1 Å². The molecular formula is C25H34ClN3O5S. The second kappa shape index (κ2) is 12.8. The Kier molecular flexibility index (Phi) is 10.4. The first-order valence-corrected chi connectivity index (χ1v) is 13.7. The summed E-state index contributed by atoms with van der Waals surface area (Å²) in [4.78, 5) is 27.8. The Bertz CT molecular complexity index is 1090. The Morgan fingerprint density at radius 3 is 2.14 bits per heavy atom. The number of carbonyl (C=O) groups excluding carboxylic acids is 2. The van der Waals surface area contributed by atoms with E-state index in [1.54, 1.807) is 55.5 Å². The molecule has 2 atom stereocenters. The highest BCUT2D eigenvalue weighted by Gasteiger charge is 2.30. The summed E-state index contributed by atoms with van der Waals surface area (Å²) in [6.07, 6.45) is 1.78. The zero-order chi connectivity index (χ0) is 26.2. The zero-order valence-electron chi connectivity index (χ0n) is 20.8. The number of halogens is 1. The summed E-state index contributed by atoms with van der Waals surface area (Å²) in [7, 11) is -3.79. The van der Waals surface area contributed by atoms with E-state index in [0.29, 0.717) is 23.1 Å². The molecule has 0 aliphatic rings. The third-order valence-electron chi connectivity index (χ3n) is 5.55. The van der Waals surface area contributed by atoms with Crippen LogP contribution in [-0.4, -0.2) is 56.6 Å². The van der Waals surface area contributed by atoms with Gasteiger partial charge >= 0.3 is 0 Å². The SMILES string of the molecule is CCOc1ccc(N(CC(=O)N(Cc2ccc(Cl)cc2)[C@@H](C)C(=O)N[C@@H](C)CC)S(C)(=O)=O)cc1. The van der Waals surface area contributed by atoms with Gasteiger partial charge in [-0.2, -0.15) is 0 Å². The average molecular weight is 524 g/mol. The third kappa shape index (κ3) is 8.43. The van der Waals surface area contributed by atoms with Crippen LogP contribution in [0.3, 0.4) is 0 Å². The number of nitrogens with one attached hydrogen (secondary N) is 1. The van der Waals surface area contributed by atoms with Gasteiger partial charge in [0.1, 0.15) is 18.3 Å². The summed E-state index contributed by atoms with van der Waals surface area (Å²) in [6.45, 7) is 7.45. The topological polar surface area (TPSA) is 96.0 Å². The maximum Gasteiger partial charge on any atom is 0.244 e. The monoisotopic (exact) mass is 523 g/mol. The number of benzene rings is 2. The largest absolute Gasteiger partial charge is 0.494 e. The highest BCUT2D eigenvalue weighted by molar-refractivity contribution is 7.92. The standard InChI is InChI=1S/C25H34ClN3O5S/c1-6-18(3)27-25(31)19(4)28(16-20-8-10-21(26)11-9-20)24(30)17-29(35(5,32)33)22-12-14-23(15-13-22)34-7-2/h8-15,18-19H,6-7,16-17H2,1-5H3,(H,27,31)/t18-,19-/m0/s1. The van der Waals surface area contributed by atoms with Crippen LogP contribution in [0, 0.1) is 0 Å². The molecule has 0 aliphatic carbocycles. The molecule has 0 spiro atoms. The fourth-order valence-corrected chi connectivity index (χ4v) is 4.30. The van der Waals surface area contributed by atoms with Crippen molar-refractivity contribution >= 4 is 39.1 Å². The minimum atomic E-state index is -3.79. The molecule has 0 aromatic heterocycles. The maximum absolute atomic E-state index is 13.5. The molecule has 0 bridgehead atoms. The second-order valence-corrected chi connectivity index (χ2v) is 10.7. The Morgan fingerprint density at radius 2 is 1.63 bits per heavy atom. The van der Waals surface area contributed by atoms with Crippen LogP contribution in [0.15, 0.2) is 48.5 Å². The van der Waals surface area contributed by atoms with Crippen LogP contribution >= 0.6 is 11.6 Å². The van der Waals surface area contributed by atoms with E-state index in [0.717, 1.165) is 22.5 Å². The number of amides is 2. The number of hydrogen-bond donors (Lipinski definition) is 1. The third-order valence-corrected chi connectivity index (χ3v) is 6.94. The van der Waals surface area contributed by atoms with Gasteiger partial charge in [-0.25, -0.2) is 8.42 Å². The minimum absolute atomic E-state index is 0.0613. The van der Waals surface area contributed by atoms with Crippen LogP contribution in [-0.2, 0) is 26.2 Å². The summed E-state index contributed by atoms with van der Waals surface area (Å²) in [6, 6.07) is 12.5. The van der Waals surface area contributed by atoms with E-state index in [1.165, 1.54) is 4.90 Å². The molecular weight excluding hydrogens is 490 g/mol. The molecule has 2 rings (SSSR count). The van der Waals surface area contributed by atoms with E-state index in [9.17, 15) is 18.0 Å². The lowest BCUT2D eigenvalue weighted by atomic mass is 10.1. The Balaban J connectivity index is 2.35. The molecule has 0 saturated carbocycles. The molecule has 2 aromatic rings. The highest BCUT2D eigenvalue weighted by atomic mass is 35.5. The van der Waals surface area contributed by atoms with Crippen molar-refractivity contribution in [1.82, 2.24) is 10.2 Å². The van der Waals surface area contributed by atoms with Crippen molar-refractivity contribution in [3.8, 4) is 5.75 Å². The summed E-state index contributed by atoms with van der Waals surface area (Å²) >= 11 is 5.99. The zero-order valence-corrected chi connectivity index (χ0v) is 22.4. The van der Waals surface area contributed by atoms with Crippen molar-refractivity contribution in [2.24, 2.45) is 0 Å². The van der Waals surface area contributed by atoms with E-state index in [4.69, 9.17) is 16.3 Å². The number of nitrogens with zero attached hydrogens (tertiary/aromatic N) is 2. The Hall–Kier alpha value is -2.78. The fraction of sp³-hybridized carbons (Fsp3) is 0.440. The summed E-state index contributed by atoms with van der Waals surface area (Å²) in [5, 5.41) is 3.44.